The second-order valence-corrected chi connectivity index (χ2v) is 7.27. The fourth-order valence-corrected chi connectivity index (χ4v) is 2.36. The van der Waals surface area contributed by atoms with E-state index < -0.39 is 42.7 Å². The zero-order valence-corrected chi connectivity index (χ0v) is 20.6. The first kappa shape index (κ1) is 53.0. The lowest BCUT2D eigenvalue weighted by Gasteiger charge is -2.22. The Bertz CT molecular complexity index is 523. The molecule has 12 heteroatoms. The molecule has 3 atom stereocenters. The number of rotatable bonds is 17. The summed E-state index contributed by atoms with van der Waals surface area (Å²) in [5, 5.41) is 7.64. The Labute approximate surface area is 240 Å². The van der Waals surface area contributed by atoms with Crippen LogP contribution in [0.2, 0.25) is 0 Å². The molecule has 12 nitrogen and oxygen atoms in total. The molecular formula is C27H65N3O9. The molecular weight excluding hydrogens is 510 g/mol. The van der Waals surface area contributed by atoms with Crippen molar-refractivity contribution < 1.29 is 42.8 Å². The van der Waals surface area contributed by atoms with E-state index in [0.717, 1.165) is 0 Å². The Morgan fingerprint density at radius 2 is 0.795 bits per heavy atom. The molecule has 3 unspecified atom stereocenters. The predicted octanol–water partition coefficient (Wildman–Crippen LogP) is 5.63. The molecule has 3 amide bonds. The number of carbonyl (C=O) groups is 3. The van der Waals surface area contributed by atoms with Crippen molar-refractivity contribution in [2.24, 2.45) is 0 Å². The van der Waals surface area contributed by atoms with E-state index in [1.807, 2.05) is 0 Å². The molecule has 0 aromatic carbocycles. The van der Waals surface area contributed by atoms with Crippen molar-refractivity contribution in [3.8, 4) is 0 Å². The van der Waals surface area contributed by atoms with E-state index in [9.17, 15) is 14.4 Å². The van der Waals surface area contributed by atoms with Crippen LogP contribution in [-0.4, -0.2) is 95.4 Å². The molecule has 0 saturated heterocycles. The molecule has 39 heavy (non-hydrogen) atoms. The molecule has 0 aliphatic heterocycles. The number of carbonyl (C=O) groups excluding carboxylic acids is 3. The highest BCUT2D eigenvalue weighted by atomic mass is 16.6. The summed E-state index contributed by atoms with van der Waals surface area (Å²) in [6.45, 7) is 12.7. The molecule has 3 N–H and O–H groups in total. The Balaban J connectivity index is -0.000000341. The van der Waals surface area contributed by atoms with E-state index in [2.05, 4.69) is 16.0 Å². The number of amides is 3. The van der Waals surface area contributed by atoms with E-state index >= 15 is 0 Å². The topological polar surface area (TPSA) is 143 Å². The summed E-state index contributed by atoms with van der Waals surface area (Å²) < 4.78 is 32.5. The molecule has 0 aliphatic carbocycles. The van der Waals surface area contributed by atoms with Crippen molar-refractivity contribution in [2.45, 2.75) is 111 Å². The van der Waals surface area contributed by atoms with Gasteiger partial charge in [-0.1, -0.05) is 44.6 Å². The first-order valence-electron chi connectivity index (χ1n) is 11.3. The highest BCUT2D eigenvalue weighted by molar-refractivity contribution is 5.67. The molecule has 0 aromatic heterocycles. The monoisotopic (exact) mass is 575 g/mol. The van der Waals surface area contributed by atoms with Gasteiger partial charge in [-0.3, -0.25) is 0 Å². The third kappa shape index (κ3) is 31.8. The van der Waals surface area contributed by atoms with Crippen LogP contribution in [0.25, 0.3) is 0 Å². The SMILES string of the molecule is C.C.C.C.C.C.CCNC(=O)OC(C)COCC(COCC(C)OC(=O)NCC)OCC(C)OC(=O)NCC. The van der Waals surface area contributed by atoms with Gasteiger partial charge in [0.15, 0.2) is 0 Å². The van der Waals surface area contributed by atoms with E-state index in [0.29, 0.717) is 19.6 Å². The summed E-state index contributed by atoms with van der Waals surface area (Å²) in [7, 11) is 0. The first-order valence-corrected chi connectivity index (χ1v) is 11.3. The lowest BCUT2D eigenvalue weighted by atomic mass is 10.3. The zero-order valence-electron chi connectivity index (χ0n) is 20.6. The summed E-state index contributed by atoms with van der Waals surface area (Å²) in [6.07, 6.45) is -3.43. The van der Waals surface area contributed by atoms with E-state index in [1.54, 1.807) is 41.5 Å². The summed E-state index contributed by atoms with van der Waals surface area (Å²) in [4.78, 5) is 34.5. The minimum Gasteiger partial charge on any atom is -0.444 e. The minimum absolute atomic E-state index is 0. The lowest BCUT2D eigenvalue weighted by Crippen LogP contribution is -2.35. The molecule has 0 aromatic rings. The third-order valence-electron chi connectivity index (χ3n) is 3.77. The predicted molar refractivity (Wildman–Crippen MR) is 161 cm³/mol. The zero-order chi connectivity index (χ0) is 25.1. The lowest BCUT2D eigenvalue weighted by molar-refractivity contribution is -0.0943. The number of nitrogens with one attached hydrogen (secondary N) is 3. The average molecular weight is 576 g/mol. The standard InChI is InChI=1S/C21H41N3O9.6CH4/c1-7-22-19(25)31-15(4)10-28-13-18(30-12-17(6)33-21(27)24-9-3)14-29-11-16(5)32-20(26)23-8-2;;;;;;/h15-18H,7-14H2,1-6H3,(H,22,25)(H,23,26)(H,24,27);6*1H4. The van der Waals surface area contributed by atoms with Crippen LogP contribution < -0.4 is 16.0 Å². The number of ether oxygens (including phenoxy) is 6. The van der Waals surface area contributed by atoms with Crippen LogP contribution in [0.3, 0.4) is 0 Å². The second kappa shape index (κ2) is 33.7. The van der Waals surface area contributed by atoms with Gasteiger partial charge >= 0.3 is 18.3 Å². The van der Waals surface area contributed by atoms with Crippen LogP contribution in [0, 0.1) is 0 Å². The smallest absolute Gasteiger partial charge is 0.407 e. The third-order valence-corrected chi connectivity index (χ3v) is 3.77. The van der Waals surface area contributed by atoms with E-state index in [4.69, 9.17) is 28.4 Å². The molecule has 0 rings (SSSR count). The number of alkyl carbamates (subject to hydrolysis) is 3. The van der Waals surface area contributed by atoms with Crippen LogP contribution >= 0.6 is 0 Å². The second-order valence-electron chi connectivity index (χ2n) is 7.27. The molecule has 0 saturated carbocycles. The van der Waals surface area contributed by atoms with Gasteiger partial charge < -0.3 is 44.4 Å². The van der Waals surface area contributed by atoms with Gasteiger partial charge in [0, 0.05) is 19.6 Å². The van der Waals surface area contributed by atoms with Gasteiger partial charge in [-0.25, -0.2) is 14.4 Å². The van der Waals surface area contributed by atoms with Crippen molar-refractivity contribution in [3.63, 3.8) is 0 Å². The molecule has 0 heterocycles. The maximum Gasteiger partial charge on any atom is 0.407 e. The van der Waals surface area contributed by atoms with Crippen LogP contribution in [-0.2, 0) is 28.4 Å². The normalized spacial score (nSPS) is 12.2. The van der Waals surface area contributed by atoms with Crippen molar-refractivity contribution in [2.75, 3.05) is 52.7 Å². The van der Waals surface area contributed by atoms with Crippen LogP contribution in [0.4, 0.5) is 14.4 Å². The van der Waals surface area contributed by atoms with Gasteiger partial charge in [0.1, 0.15) is 24.4 Å². The Morgan fingerprint density at radius 3 is 1.08 bits per heavy atom. The molecule has 242 valence electrons. The fraction of sp³-hybridized carbons (Fsp3) is 0.889. The van der Waals surface area contributed by atoms with Gasteiger partial charge in [0.25, 0.3) is 0 Å². The van der Waals surface area contributed by atoms with Gasteiger partial charge in [-0.15, -0.1) is 0 Å². The van der Waals surface area contributed by atoms with Gasteiger partial charge in [-0.05, 0) is 41.5 Å². The van der Waals surface area contributed by atoms with Gasteiger partial charge in [0.05, 0.1) is 33.0 Å². The molecule has 0 bridgehead atoms. The average Bonchev–Trinajstić information content (AvgIpc) is 2.71. The van der Waals surface area contributed by atoms with Gasteiger partial charge in [0.2, 0.25) is 0 Å². The maximum atomic E-state index is 11.5. The highest BCUT2D eigenvalue weighted by Gasteiger charge is 2.17. The van der Waals surface area contributed by atoms with Crippen molar-refractivity contribution in [1.29, 1.82) is 0 Å². The van der Waals surface area contributed by atoms with Crippen molar-refractivity contribution in [3.05, 3.63) is 0 Å². The maximum absolute atomic E-state index is 11.5. The van der Waals surface area contributed by atoms with Crippen molar-refractivity contribution in [1.82, 2.24) is 16.0 Å². The quantitative estimate of drug-likeness (QED) is 0.188. The number of hydrogen-bond acceptors (Lipinski definition) is 9. The molecule has 0 aliphatic rings. The van der Waals surface area contributed by atoms with Crippen LogP contribution in [0.1, 0.15) is 86.1 Å². The summed E-state index contributed by atoms with van der Waals surface area (Å²) in [5.74, 6) is 0. The largest absolute Gasteiger partial charge is 0.444 e. The fourth-order valence-electron chi connectivity index (χ4n) is 2.36. The highest BCUT2D eigenvalue weighted by Crippen LogP contribution is 2.03. The Kier molecular flexibility index (Phi) is 45.8. The minimum atomic E-state index is -0.523. The Morgan fingerprint density at radius 1 is 0.513 bits per heavy atom. The number of hydrogen-bond donors (Lipinski definition) is 3. The summed E-state index contributed by atoms with van der Waals surface area (Å²) >= 11 is 0. The summed E-state index contributed by atoms with van der Waals surface area (Å²) in [6, 6.07) is 0. The summed E-state index contributed by atoms with van der Waals surface area (Å²) in [5.41, 5.74) is 0. The van der Waals surface area contributed by atoms with Crippen molar-refractivity contribution >= 4 is 18.3 Å². The van der Waals surface area contributed by atoms with Gasteiger partial charge in [-0.2, -0.15) is 0 Å². The van der Waals surface area contributed by atoms with Crippen LogP contribution in [0.5, 0.6) is 0 Å². The van der Waals surface area contributed by atoms with E-state index in [-0.39, 0.29) is 77.6 Å². The molecule has 0 spiro atoms. The Hall–Kier alpha value is -2.31. The first-order chi connectivity index (χ1) is 15.7. The van der Waals surface area contributed by atoms with Crippen LogP contribution in [0.15, 0.2) is 0 Å². The molecule has 0 fully saturated rings. The van der Waals surface area contributed by atoms with E-state index in [1.165, 1.54) is 0 Å². The molecule has 0 radical (unpaired) electrons.